The second-order valence-corrected chi connectivity index (χ2v) is 5.51. The highest BCUT2D eigenvalue weighted by Gasteiger charge is 2.27. The molecule has 2 heterocycles. The van der Waals surface area contributed by atoms with Crippen molar-refractivity contribution in [1.29, 1.82) is 0 Å². The van der Waals surface area contributed by atoms with Gasteiger partial charge in [0.05, 0.1) is 0 Å². The maximum Gasteiger partial charge on any atom is 0.319 e. The number of urea groups is 1. The molecule has 98 valence electrons. The topological polar surface area (TPSA) is 26.8 Å². The van der Waals surface area contributed by atoms with E-state index < -0.39 is 0 Å². The van der Waals surface area contributed by atoms with Crippen molar-refractivity contribution >= 4 is 6.03 Å². The Hall–Kier alpha value is -0.770. The molecule has 2 saturated heterocycles. The van der Waals surface area contributed by atoms with Crippen LogP contribution in [0.2, 0.25) is 0 Å². The van der Waals surface area contributed by atoms with Crippen molar-refractivity contribution in [3.05, 3.63) is 0 Å². The molecule has 2 aliphatic rings. The summed E-state index contributed by atoms with van der Waals surface area (Å²) in [5.74, 6) is 0. The van der Waals surface area contributed by atoms with Crippen LogP contribution in [0.15, 0.2) is 0 Å². The van der Waals surface area contributed by atoms with Crippen molar-refractivity contribution in [2.75, 3.05) is 40.3 Å². The molecule has 0 N–H and O–H groups in total. The maximum absolute atomic E-state index is 12.3. The van der Waals surface area contributed by atoms with E-state index in [1.54, 1.807) is 0 Å². The van der Waals surface area contributed by atoms with E-state index in [4.69, 9.17) is 0 Å². The molecule has 2 rings (SSSR count). The molecule has 0 aromatic heterocycles. The molecule has 2 aliphatic heterocycles. The van der Waals surface area contributed by atoms with Crippen LogP contribution in [0.25, 0.3) is 0 Å². The van der Waals surface area contributed by atoms with Crippen LogP contribution in [0, 0.1) is 0 Å². The summed E-state index contributed by atoms with van der Waals surface area (Å²) < 4.78 is 0. The molecular weight excluding hydrogens is 214 g/mol. The Morgan fingerprint density at radius 1 is 0.941 bits per heavy atom. The quantitative estimate of drug-likeness (QED) is 0.695. The molecule has 2 fully saturated rings. The van der Waals surface area contributed by atoms with Crippen molar-refractivity contribution in [3.8, 4) is 0 Å². The summed E-state index contributed by atoms with van der Waals surface area (Å²) in [6.07, 6.45) is 5.88. The number of carbonyl (C=O) groups excluding carboxylic acids is 1. The fraction of sp³-hybridized carbons (Fsp3) is 0.923. The van der Waals surface area contributed by atoms with Crippen LogP contribution in [0.3, 0.4) is 0 Å². The fourth-order valence-corrected chi connectivity index (χ4v) is 2.86. The lowest BCUT2D eigenvalue weighted by Gasteiger charge is -2.38. The van der Waals surface area contributed by atoms with E-state index in [9.17, 15) is 4.79 Å². The molecule has 2 amide bonds. The van der Waals surface area contributed by atoms with E-state index in [0.717, 1.165) is 39.0 Å². The van der Waals surface area contributed by atoms with E-state index >= 15 is 0 Å². The Morgan fingerprint density at radius 3 is 2.00 bits per heavy atom. The van der Waals surface area contributed by atoms with Gasteiger partial charge in [-0.3, -0.25) is 0 Å². The van der Waals surface area contributed by atoms with Crippen molar-refractivity contribution in [2.45, 2.75) is 38.1 Å². The number of nitrogens with zero attached hydrogens (tertiary/aromatic N) is 3. The first-order valence-electron chi connectivity index (χ1n) is 6.89. The highest BCUT2D eigenvalue weighted by Crippen LogP contribution is 2.17. The van der Waals surface area contributed by atoms with Gasteiger partial charge in [-0.25, -0.2) is 4.79 Å². The van der Waals surface area contributed by atoms with Crippen LogP contribution in [-0.4, -0.2) is 67.0 Å². The van der Waals surface area contributed by atoms with Gasteiger partial charge in [0.15, 0.2) is 0 Å². The summed E-state index contributed by atoms with van der Waals surface area (Å²) in [6, 6.07) is 0.933. The molecule has 0 radical (unpaired) electrons. The normalized spacial score (nSPS) is 23.2. The summed E-state index contributed by atoms with van der Waals surface area (Å²) in [4.78, 5) is 18.6. The molecule has 0 unspecified atom stereocenters. The van der Waals surface area contributed by atoms with Gasteiger partial charge in [-0.15, -0.1) is 0 Å². The smallest absolute Gasteiger partial charge is 0.319 e. The Bertz CT molecular complexity index is 253. The number of likely N-dealkylation sites (tertiary alicyclic amines) is 2. The lowest BCUT2D eigenvalue weighted by atomic mass is 10.0. The van der Waals surface area contributed by atoms with E-state index in [2.05, 4.69) is 19.0 Å². The minimum absolute atomic E-state index is 0.280. The predicted molar refractivity (Wildman–Crippen MR) is 69.1 cm³/mol. The maximum atomic E-state index is 12.3. The predicted octanol–water partition coefficient (Wildman–Crippen LogP) is 1.62. The molecular formula is C13H25N3O. The van der Waals surface area contributed by atoms with Gasteiger partial charge in [-0.2, -0.15) is 0 Å². The first kappa shape index (κ1) is 12.7. The Labute approximate surface area is 105 Å². The van der Waals surface area contributed by atoms with Crippen LogP contribution in [-0.2, 0) is 0 Å². The van der Waals surface area contributed by atoms with E-state index in [1.807, 2.05) is 9.80 Å². The SMILES string of the molecule is CN(C)C1CCN(C(=O)N2CCCCC2)CC1. The van der Waals surface area contributed by atoms with Gasteiger partial charge < -0.3 is 14.7 Å². The molecule has 4 nitrogen and oxygen atoms in total. The molecule has 0 atom stereocenters. The second kappa shape index (κ2) is 5.71. The number of hydrogen-bond donors (Lipinski definition) is 0. The van der Waals surface area contributed by atoms with Gasteiger partial charge in [0.1, 0.15) is 0 Å². The zero-order chi connectivity index (χ0) is 12.3. The Kier molecular flexibility index (Phi) is 4.26. The van der Waals surface area contributed by atoms with Crippen LogP contribution < -0.4 is 0 Å². The second-order valence-electron chi connectivity index (χ2n) is 5.51. The number of carbonyl (C=O) groups is 1. The molecule has 0 bridgehead atoms. The van der Waals surface area contributed by atoms with E-state index in [0.29, 0.717) is 6.04 Å². The fourth-order valence-electron chi connectivity index (χ4n) is 2.86. The molecule has 0 aromatic carbocycles. The third kappa shape index (κ3) is 3.12. The lowest BCUT2D eigenvalue weighted by molar-refractivity contribution is 0.114. The molecule has 0 aromatic rings. The first-order valence-corrected chi connectivity index (χ1v) is 6.89. The van der Waals surface area contributed by atoms with Crippen LogP contribution >= 0.6 is 0 Å². The van der Waals surface area contributed by atoms with Crippen molar-refractivity contribution in [1.82, 2.24) is 14.7 Å². The number of amides is 2. The molecule has 17 heavy (non-hydrogen) atoms. The Balaban J connectivity index is 1.81. The Morgan fingerprint density at radius 2 is 1.47 bits per heavy atom. The minimum Gasteiger partial charge on any atom is -0.325 e. The zero-order valence-corrected chi connectivity index (χ0v) is 11.2. The number of rotatable bonds is 1. The first-order chi connectivity index (χ1) is 8.18. The molecule has 0 saturated carbocycles. The third-order valence-electron chi connectivity index (χ3n) is 4.09. The highest BCUT2D eigenvalue weighted by atomic mass is 16.2. The summed E-state index contributed by atoms with van der Waals surface area (Å²) in [5.41, 5.74) is 0. The standard InChI is InChI=1S/C13H25N3O/c1-14(2)12-6-10-16(11-7-12)13(17)15-8-4-3-5-9-15/h12H,3-11H2,1-2H3. The summed E-state index contributed by atoms with van der Waals surface area (Å²) in [7, 11) is 4.26. The van der Waals surface area contributed by atoms with Gasteiger partial charge >= 0.3 is 6.03 Å². The summed E-state index contributed by atoms with van der Waals surface area (Å²) >= 11 is 0. The van der Waals surface area contributed by atoms with Crippen LogP contribution in [0.4, 0.5) is 4.79 Å². The average Bonchev–Trinajstić information content (AvgIpc) is 2.39. The lowest BCUT2D eigenvalue weighted by Crippen LogP contribution is -2.50. The molecule has 0 spiro atoms. The van der Waals surface area contributed by atoms with Crippen LogP contribution in [0.1, 0.15) is 32.1 Å². The van der Waals surface area contributed by atoms with Gasteiger partial charge in [-0.05, 0) is 46.2 Å². The van der Waals surface area contributed by atoms with Gasteiger partial charge in [0.25, 0.3) is 0 Å². The average molecular weight is 239 g/mol. The van der Waals surface area contributed by atoms with Gasteiger partial charge in [-0.1, -0.05) is 0 Å². The van der Waals surface area contributed by atoms with Gasteiger partial charge in [0, 0.05) is 32.2 Å². The van der Waals surface area contributed by atoms with Crippen molar-refractivity contribution in [3.63, 3.8) is 0 Å². The van der Waals surface area contributed by atoms with E-state index in [1.165, 1.54) is 19.3 Å². The van der Waals surface area contributed by atoms with Gasteiger partial charge in [0.2, 0.25) is 0 Å². The van der Waals surface area contributed by atoms with Crippen molar-refractivity contribution in [2.24, 2.45) is 0 Å². The van der Waals surface area contributed by atoms with E-state index in [-0.39, 0.29) is 6.03 Å². The summed E-state index contributed by atoms with van der Waals surface area (Å²) in [5, 5.41) is 0. The minimum atomic E-state index is 0.280. The number of hydrogen-bond acceptors (Lipinski definition) is 2. The number of piperidine rings is 2. The third-order valence-corrected chi connectivity index (χ3v) is 4.09. The zero-order valence-electron chi connectivity index (χ0n) is 11.2. The van der Waals surface area contributed by atoms with Crippen LogP contribution in [0.5, 0.6) is 0 Å². The largest absolute Gasteiger partial charge is 0.325 e. The molecule has 4 heteroatoms. The monoisotopic (exact) mass is 239 g/mol. The van der Waals surface area contributed by atoms with Crippen molar-refractivity contribution < 1.29 is 4.79 Å². The molecule has 0 aliphatic carbocycles. The highest BCUT2D eigenvalue weighted by molar-refractivity contribution is 5.74. The summed E-state index contributed by atoms with van der Waals surface area (Å²) in [6.45, 7) is 3.79.